The van der Waals surface area contributed by atoms with Crippen LogP contribution in [0.4, 0.5) is 0 Å². The van der Waals surface area contributed by atoms with Crippen molar-refractivity contribution < 1.29 is 12.9 Å². The second-order valence-electron chi connectivity index (χ2n) is 4.77. The molecule has 0 spiro atoms. The predicted molar refractivity (Wildman–Crippen MR) is 102 cm³/mol. The van der Waals surface area contributed by atoms with E-state index in [1.165, 1.54) is 12.1 Å². The Morgan fingerprint density at radius 3 is 2.32 bits per heavy atom. The number of benzene rings is 1. The van der Waals surface area contributed by atoms with Crippen LogP contribution in [0.2, 0.25) is 0 Å². The number of sulfonamides is 1. The largest absolute Gasteiger partial charge is 0.356 e. The summed E-state index contributed by atoms with van der Waals surface area (Å²) in [6.07, 6.45) is 9.63. The zero-order valence-corrected chi connectivity index (χ0v) is 15.6. The molecule has 2 aromatic rings. The summed E-state index contributed by atoms with van der Waals surface area (Å²) >= 11 is 0. The number of nitrogens with zero attached hydrogens (tertiary/aromatic N) is 1. The molecule has 1 heterocycles. The van der Waals surface area contributed by atoms with Crippen LogP contribution in [-0.2, 0) is 16.4 Å². The van der Waals surface area contributed by atoms with Gasteiger partial charge in [0, 0.05) is 0 Å². The molecule has 25 heavy (non-hydrogen) atoms. The summed E-state index contributed by atoms with van der Waals surface area (Å²) in [7, 11) is -3.71. The van der Waals surface area contributed by atoms with Crippen LogP contribution in [0.5, 0.6) is 0 Å². The topological polar surface area (TPSA) is 86.2 Å². The second kappa shape index (κ2) is 9.76. The lowest BCUT2D eigenvalue weighted by molar-refractivity contribution is 0.406. The molecule has 0 aliphatic carbocycles. The van der Waals surface area contributed by atoms with Crippen LogP contribution in [0.25, 0.3) is 17.2 Å². The van der Waals surface area contributed by atoms with Crippen molar-refractivity contribution >= 4 is 16.1 Å². The number of hydrogen-bond acceptors (Lipinski definition) is 4. The highest BCUT2D eigenvalue weighted by Crippen LogP contribution is 2.30. The summed E-state index contributed by atoms with van der Waals surface area (Å²) in [5, 5.41) is 9.19. The number of hydrogen-bond donors (Lipinski definition) is 1. The van der Waals surface area contributed by atoms with Gasteiger partial charge < -0.3 is 4.52 Å². The Labute approximate surface area is 149 Å². The van der Waals surface area contributed by atoms with E-state index in [4.69, 9.17) is 9.66 Å². The van der Waals surface area contributed by atoms with Crippen LogP contribution >= 0.6 is 0 Å². The summed E-state index contributed by atoms with van der Waals surface area (Å²) in [5.74, 6) is 0.610. The Morgan fingerprint density at radius 1 is 1.16 bits per heavy atom. The van der Waals surface area contributed by atoms with Gasteiger partial charge in [0.25, 0.3) is 0 Å². The molecular formula is C19H24N2O3S. The van der Waals surface area contributed by atoms with Gasteiger partial charge in [-0.15, -0.1) is 0 Å². The van der Waals surface area contributed by atoms with Crippen molar-refractivity contribution in [3.63, 3.8) is 0 Å². The molecule has 1 aromatic heterocycles. The molecule has 0 amide bonds. The van der Waals surface area contributed by atoms with E-state index in [2.05, 4.69) is 11.7 Å². The van der Waals surface area contributed by atoms with Crippen molar-refractivity contribution in [2.45, 2.75) is 32.1 Å². The van der Waals surface area contributed by atoms with Crippen molar-refractivity contribution in [3.05, 3.63) is 66.6 Å². The summed E-state index contributed by atoms with van der Waals surface area (Å²) in [6, 6.07) is 6.34. The SMILES string of the molecule is C=C/C=C\C=C\c1onc(CC)c1-c1ccc(S(N)(=O)=O)cc1.CC. The molecule has 0 fully saturated rings. The lowest BCUT2D eigenvalue weighted by atomic mass is 10.0. The number of aryl methyl sites for hydroxylation is 1. The first-order valence-electron chi connectivity index (χ1n) is 8.05. The molecule has 2 rings (SSSR count). The van der Waals surface area contributed by atoms with Gasteiger partial charge in [-0.1, -0.05) is 68.9 Å². The molecule has 0 aliphatic heterocycles. The molecule has 6 heteroatoms. The maximum absolute atomic E-state index is 11.3. The minimum Gasteiger partial charge on any atom is -0.356 e. The van der Waals surface area contributed by atoms with E-state index < -0.39 is 10.0 Å². The van der Waals surface area contributed by atoms with E-state index in [-0.39, 0.29) is 4.90 Å². The molecule has 0 bridgehead atoms. The molecule has 0 unspecified atom stereocenters. The Kier molecular flexibility index (Phi) is 8.04. The van der Waals surface area contributed by atoms with E-state index >= 15 is 0 Å². The quantitative estimate of drug-likeness (QED) is 0.777. The Hall–Kier alpha value is -2.44. The first-order chi connectivity index (χ1) is 12.0. The third-order valence-electron chi connectivity index (χ3n) is 3.20. The molecule has 1 aromatic carbocycles. The molecule has 0 atom stereocenters. The smallest absolute Gasteiger partial charge is 0.238 e. The average molecular weight is 360 g/mol. The third-order valence-corrected chi connectivity index (χ3v) is 4.13. The van der Waals surface area contributed by atoms with Crippen LogP contribution in [0.3, 0.4) is 0 Å². The number of nitrogens with two attached hydrogens (primary N) is 1. The van der Waals surface area contributed by atoms with Crippen LogP contribution in [0.15, 0.2) is 64.6 Å². The van der Waals surface area contributed by atoms with E-state index in [0.29, 0.717) is 12.2 Å². The zero-order chi connectivity index (χ0) is 18.9. The summed E-state index contributed by atoms with van der Waals surface area (Å²) in [4.78, 5) is 0.0711. The standard InChI is InChI=1S/C17H18N2O3S.C2H6/c1-3-5-6-7-8-16-17(15(4-2)19-22-16)13-9-11-14(12-10-13)23(18,20)21;1-2/h3,5-12H,1,4H2,2H3,(H2,18,20,21);1-2H3/b6-5-,8-7+;. The number of allylic oxidation sites excluding steroid dienone is 4. The van der Waals surface area contributed by atoms with Crippen LogP contribution in [-0.4, -0.2) is 13.6 Å². The molecule has 2 N–H and O–H groups in total. The number of aromatic nitrogens is 1. The highest BCUT2D eigenvalue weighted by molar-refractivity contribution is 7.89. The van der Waals surface area contributed by atoms with Gasteiger partial charge in [-0.25, -0.2) is 13.6 Å². The fraction of sp³-hybridized carbons (Fsp3) is 0.211. The normalized spacial score (nSPS) is 11.5. The number of primary sulfonamides is 1. The lowest BCUT2D eigenvalue weighted by Crippen LogP contribution is -2.11. The van der Waals surface area contributed by atoms with Gasteiger partial charge in [-0.05, 0) is 30.2 Å². The monoisotopic (exact) mass is 360 g/mol. The molecule has 5 nitrogen and oxygen atoms in total. The third kappa shape index (κ3) is 5.55. The molecule has 0 saturated heterocycles. The van der Waals surface area contributed by atoms with Crippen molar-refractivity contribution in [1.29, 1.82) is 0 Å². The highest BCUT2D eigenvalue weighted by Gasteiger charge is 2.16. The minimum absolute atomic E-state index is 0.0711. The van der Waals surface area contributed by atoms with E-state index in [1.807, 2.05) is 32.9 Å². The van der Waals surface area contributed by atoms with E-state index in [9.17, 15) is 8.42 Å². The van der Waals surface area contributed by atoms with Crippen molar-refractivity contribution in [1.82, 2.24) is 5.16 Å². The molecule has 0 aliphatic rings. The van der Waals surface area contributed by atoms with Crippen molar-refractivity contribution in [2.75, 3.05) is 0 Å². The van der Waals surface area contributed by atoms with E-state index in [0.717, 1.165) is 16.8 Å². The zero-order valence-electron chi connectivity index (χ0n) is 14.8. The Balaban J connectivity index is 0.00000151. The summed E-state index contributed by atoms with van der Waals surface area (Å²) in [6.45, 7) is 9.58. The van der Waals surface area contributed by atoms with Crippen LogP contribution in [0, 0.1) is 0 Å². The second-order valence-corrected chi connectivity index (χ2v) is 6.33. The van der Waals surface area contributed by atoms with Crippen molar-refractivity contribution in [3.8, 4) is 11.1 Å². The minimum atomic E-state index is -3.71. The molecular weight excluding hydrogens is 336 g/mol. The van der Waals surface area contributed by atoms with Gasteiger partial charge in [-0.2, -0.15) is 0 Å². The van der Waals surface area contributed by atoms with Crippen LogP contribution < -0.4 is 5.14 Å². The van der Waals surface area contributed by atoms with Gasteiger partial charge in [0.05, 0.1) is 16.2 Å². The van der Waals surface area contributed by atoms with Crippen LogP contribution in [0.1, 0.15) is 32.2 Å². The Bertz CT molecular complexity index is 845. The lowest BCUT2D eigenvalue weighted by Gasteiger charge is -2.03. The fourth-order valence-electron chi connectivity index (χ4n) is 2.10. The first-order valence-corrected chi connectivity index (χ1v) is 9.59. The Morgan fingerprint density at radius 2 is 1.80 bits per heavy atom. The highest BCUT2D eigenvalue weighted by atomic mass is 32.2. The number of rotatable bonds is 6. The van der Waals surface area contributed by atoms with Crippen molar-refractivity contribution in [2.24, 2.45) is 5.14 Å². The fourth-order valence-corrected chi connectivity index (χ4v) is 2.61. The summed E-state index contributed by atoms with van der Waals surface area (Å²) < 4.78 is 28.1. The maximum Gasteiger partial charge on any atom is 0.238 e. The first kappa shape index (κ1) is 20.6. The molecule has 0 saturated carbocycles. The van der Waals surface area contributed by atoms with Gasteiger partial charge in [-0.3, -0.25) is 0 Å². The maximum atomic E-state index is 11.3. The molecule has 134 valence electrons. The molecule has 0 radical (unpaired) electrons. The van der Waals surface area contributed by atoms with Gasteiger partial charge in [0.2, 0.25) is 10.0 Å². The summed E-state index contributed by atoms with van der Waals surface area (Å²) in [5.41, 5.74) is 2.47. The van der Waals surface area contributed by atoms with Gasteiger partial charge in [0.1, 0.15) is 0 Å². The van der Waals surface area contributed by atoms with E-state index in [1.54, 1.807) is 30.4 Å². The average Bonchev–Trinajstić information content (AvgIpc) is 3.03. The predicted octanol–water partition coefficient (Wildman–Crippen LogP) is 4.33. The van der Waals surface area contributed by atoms with Gasteiger partial charge >= 0.3 is 0 Å². The van der Waals surface area contributed by atoms with Gasteiger partial charge in [0.15, 0.2) is 5.76 Å².